The SMILES string of the molecule is CC(C)NCC1CCCCN1S(=O)(=O)N1CCSC(C)C1. The fourth-order valence-electron chi connectivity index (χ4n) is 3.00. The first-order valence-corrected chi connectivity index (χ1v) is 10.5. The number of thioether (sulfide) groups is 1. The van der Waals surface area contributed by atoms with Crippen LogP contribution >= 0.6 is 11.8 Å². The molecule has 5 nitrogen and oxygen atoms in total. The third kappa shape index (κ3) is 4.58. The van der Waals surface area contributed by atoms with Gasteiger partial charge in [-0.2, -0.15) is 28.8 Å². The highest BCUT2D eigenvalue weighted by Crippen LogP contribution is 2.26. The smallest absolute Gasteiger partial charge is 0.282 e. The fourth-order valence-corrected chi connectivity index (χ4v) is 6.17. The van der Waals surface area contributed by atoms with Crippen LogP contribution in [0.3, 0.4) is 0 Å². The van der Waals surface area contributed by atoms with Gasteiger partial charge in [-0.3, -0.25) is 0 Å². The average Bonchev–Trinajstić information content (AvgIpc) is 2.45. The summed E-state index contributed by atoms with van der Waals surface area (Å²) < 4.78 is 29.4. The molecule has 0 aromatic rings. The summed E-state index contributed by atoms with van der Waals surface area (Å²) in [6, 6.07) is 0.499. The molecular formula is C14H29N3O2S2. The number of piperidine rings is 1. The van der Waals surface area contributed by atoms with Crippen molar-refractivity contribution in [1.29, 1.82) is 0 Å². The Morgan fingerprint density at radius 1 is 1.29 bits per heavy atom. The highest BCUT2D eigenvalue weighted by atomic mass is 32.2. The van der Waals surface area contributed by atoms with E-state index in [1.807, 2.05) is 11.8 Å². The van der Waals surface area contributed by atoms with Gasteiger partial charge in [0.05, 0.1) is 0 Å². The monoisotopic (exact) mass is 335 g/mol. The normalized spacial score (nSPS) is 29.9. The van der Waals surface area contributed by atoms with E-state index in [1.165, 1.54) is 0 Å². The number of nitrogens with one attached hydrogen (secondary N) is 1. The van der Waals surface area contributed by atoms with E-state index in [0.29, 0.717) is 30.9 Å². The Bertz CT molecular complexity index is 428. The van der Waals surface area contributed by atoms with Crippen LogP contribution in [0.1, 0.15) is 40.0 Å². The lowest BCUT2D eigenvalue weighted by molar-refractivity contribution is 0.223. The molecule has 0 bridgehead atoms. The molecule has 2 saturated heterocycles. The van der Waals surface area contributed by atoms with Crippen molar-refractivity contribution in [3.63, 3.8) is 0 Å². The molecule has 0 aromatic heterocycles. The van der Waals surface area contributed by atoms with Gasteiger partial charge in [0.15, 0.2) is 0 Å². The Labute approximate surface area is 134 Å². The summed E-state index contributed by atoms with van der Waals surface area (Å²) in [6.45, 7) is 9.04. The molecule has 21 heavy (non-hydrogen) atoms. The Hall–Kier alpha value is 0.180. The quantitative estimate of drug-likeness (QED) is 0.828. The van der Waals surface area contributed by atoms with Gasteiger partial charge in [-0.25, -0.2) is 0 Å². The Morgan fingerprint density at radius 3 is 2.71 bits per heavy atom. The topological polar surface area (TPSA) is 52.7 Å². The van der Waals surface area contributed by atoms with Crippen LogP contribution in [0.5, 0.6) is 0 Å². The predicted molar refractivity (Wildman–Crippen MR) is 89.9 cm³/mol. The molecule has 0 amide bonds. The van der Waals surface area contributed by atoms with Crippen molar-refractivity contribution in [2.45, 2.75) is 57.4 Å². The molecule has 124 valence electrons. The van der Waals surface area contributed by atoms with Crippen LogP contribution in [-0.2, 0) is 10.2 Å². The summed E-state index contributed by atoms with van der Waals surface area (Å²) in [5.41, 5.74) is 0. The van der Waals surface area contributed by atoms with Crippen molar-refractivity contribution in [1.82, 2.24) is 13.9 Å². The lowest BCUT2D eigenvalue weighted by atomic mass is 10.0. The number of hydrogen-bond donors (Lipinski definition) is 1. The number of nitrogens with zero attached hydrogens (tertiary/aromatic N) is 2. The predicted octanol–water partition coefficient (Wildman–Crippen LogP) is 1.52. The van der Waals surface area contributed by atoms with E-state index in [2.05, 4.69) is 26.1 Å². The van der Waals surface area contributed by atoms with Crippen LogP contribution < -0.4 is 5.32 Å². The van der Waals surface area contributed by atoms with Gasteiger partial charge in [0.1, 0.15) is 0 Å². The zero-order valence-corrected chi connectivity index (χ0v) is 15.0. The minimum absolute atomic E-state index is 0.107. The minimum atomic E-state index is -3.30. The van der Waals surface area contributed by atoms with Gasteiger partial charge in [-0.1, -0.05) is 27.2 Å². The van der Waals surface area contributed by atoms with E-state index in [9.17, 15) is 8.42 Å². The van der Waals surface area contributed by atoms with Crippen molar-refractivity contribution < 1.29 is 8.42 Å². The van der Waals surface area contributed by atoms with E-state index in [4.69, 9.17) is 0 Å². The van der Waals surface area contributed by atoms with Crippen molar-refractivity contribution in [3.05, 3.63) is 0 Å². The highest BCUT2D eigenvalue weighted by molar-refractivity contribution is 8.00. The summed E-state index contributed by atoms with van der Waals surface area (Å²) in [4.78, 5) is 0. The maximum absolute atomic E-state index is 13.0. The van der Waals surface area contributed by atoms with E-state index >= 15 is 0 Å². The molecule has 0 radical (unpaired) electrons. The van der Waals surface area contributed by atoms with Crippen LogP contribution in [0.15, 0.2) is 0 Å². The summed E-state index contributed by atoms with van der Waals surface area (Å²) in [5, 5.41) is 3.79. The second-order valence-electron chi connectivity index (χ2n) is 6.37. The maximum Gasteiger partial charge on any atom is 0.282 e. The lowest BCUT2D eigenvalue weighted by Crippen LogP contribution is -2.56. The van der Waals surface area contributed by atoms with Gasteiger partial charge in [-0.05, 0) is 12.8 Å². The van der Waals surface area contributed by atoms with Crippen molar-refractivity contribution in [3.8, 4) is 0 Å². The summed E-state index contributed by atoms with van der Waals surface area (Å²) in [5.74, 6) is 0.906. The molecule has 0 aromatic carbocycles. The van der Waals surface area contributed by atoms with Crippen molar-refractivity contribution in [2.24, 2.45) is 0 Å². The third-order valence-corrected chi connectivity index (χ3v) is 7.36. The number of rotatable bonds is 5. The first-order valence-electron chi connectivity index (χ1n) is 8.03. The van der Waals surface area contributed by atoms with Crippen LogP contribution in [0.2, 0.25) is 0 Å². The molecule has 2 unspecified atom stereocenters. The van der Waals surface area contributed by atoms with Gasteiger partial charge in [0.25, 0.3) is 10.2 Å². The van der Waals surface area contributed by atoms with Crippen LogP contribution in [0.25, 0.3) is 0 Å². The van der Waals surface area contributed by atoms with E-state index < -0.39 is 10.2 Å². The van der Waals surface area contributed by atoms with E-state index in [0.717, 1.165) is 31.6 Å². The minimum Gasteiger partial charge on any atom is -0.313 e. The lowest BCUT2D eigenvalue weighted by Gasteiger charge is -2.40. The Kier molecular flexibility index (Phi) is 6.38. The standard InChI is InChI=1S/C14H29N3O2S2/c1-12(2)15-10-14-6-4-5-7-17(14)21(18,19)16-8-9-20-13(3)11-16/h12-15H,4-11H2,1-3H3. The zero-order chi connectivity index (χ0) is 15.5. The van der Waals surface area contributed by atoms with Gasteiger partial charge < -0.3 is 5.32 Å². The van der Waals surface area contributed by atoms with Crippen molar-refractivity contribution >= 4 is 22.0 Å². The molecule has 1 N–H and O–H groups in total. The molecule has 2 rings (SSSR count). The van der Waals surface area contributed by atoms with E-state index in [-0.39, 0.29) is 6.04 Å². The van der Waals surface area contributed by atoms with Crippen LogP contribution in [0, 0.1) is 0 Å². The molecule has 0 spiro atoms. The second-order valence-corrected chi connectivity index (χ2v) is 9.80. The summed E-state index contributed by atoms with van der Waals surface area (Å²) >= 11 is 1.86. The zero-order valence-electron chi connectivity index (χ0n) is 13.4. The molecule has 7 heteroatoms. The molecule has 2 atom stereocenters. The summed E-state index contributed by atoms with van der Waals surface area (Å²) in [6.07, 6.45) is 3.08. The molecule has 2 fully saturated rings. The first-order chi connectivity index (χ1) is 9.91. The fraction of sp³-hybridized carbons (Fsp3) is 1.00. The first kappa shape index (κ1) is 17.5. The Morgan fingerprint density at radius 2 is 2.05 bits per heavy atom. The van der Waals surface area contributed by atoms with Crippen molar-refractivity contribution in [2.75, 3.05) is 31.9 Å². The van der Waals surface area contributed by atoms with Gasteiger partial charge in [-0.15, -0.1) is 0 Å². The highest BCUT2D eigenvalue weighted by Gasteiger charge is 2.37. The average molecular weight is 336 g/mol. The van der Waals surface area contributed by atoms with Gasteiger partial charge in [0, 0.05) is 49.3 Å². The molecule has 2 aliphatic heterocycles. The van der Waals surface area contributed by atoms with Gasteiger partial charge in [0.2, 0.25) is 0 Å². The third-order valence-electron chi connectivity index (χ3n) is 4.16. The molecule has 0 saturated carbocycles. The van der Waals surface area contributed by atoms with E-state index in [1.54, 1.807) is 8.61 Å². The molecule has 2 aliphatic rings. The maximum atomic E-state index is 13.0. The van der Waals surface area contributed by atoms with Crippen LogP contribution in [-0.4, -0.2) is 66.3 Å². The molecule has 0 aliphatic carbocycles. The largest absolute Gasteiger partial charge is 0.313 e. The summed E-state index contributed by atoms with van der Waals surface area (Å²) in [7, 11) is -3.30. The molecular weight excluding hydrogens is 306 g/mol. The Balaban J connectivity index is 2.07. The second kappa shape index (κ2) is 7.64. The number of hydrogen-bond acceptors (Lipinski definition) is 4. The van der Waals surface area contributed by atoms with Gasteiger partial charge >= 0.3 is 0 Å². The molecule has 2 heterocycles. The van der Waals surface area contributed by atoms with Crippen LogP contribution in [0.4, 0.5) is 0 Å².